The fourth-order valence-corrected chi connectivity index (χ4v) is 5.63. The first-order valence-corrected chi connectivity index (χ1v) is 14.0. The average molecular weight is 569 g/mol. The highest BCUT2D eigenvalue weighted by Gasteiger charge is 2.25. The first-order chi connectivity index (χ1) is 19.9. The number of benzene rings is 3. The Balaban J connectivity index is 1.23. The van der Waals surface area contributed by atoms with Gasteiger partial charge in [0.05, 0.1) is 18.0 Å². The summed E-state index contributed by atoms with van der Waals surface area (Å²) in [5, 5.41) is 3.78. The first kappa shape index (κ1) is 27.1. The second-order valence-corrected chi connectivity index (χ2v) is 11.0. The van der Waals surface area contributed by atoms with Crippen molar-refractivity contribution in [1.29, 1.82) is 0 Å². The predicted molar refractivity (Wildman–Crippen MR) is 161 cm³/mol. The third kappa shape index (κ3) is 5.58. The molecule has 0 aliphatic carbocycles. The Bertz CT molecular complexity index is 1630. The first-order valence-electron chi connectivity index (χ1n) is 13.7. The van der Waals surface area contributed by atoms with Gasteiger partial charge in [-0.15, -0.1) is 0 Å². The molecule has 0 spiro atoms. The van der Waals surface area contributed by atoms with Crippen LogP contribution in [0.5, 0.6) is 0 Å². The molecule has 1 fully saturated rings. The van der Waals surface area contributed by atoms with Crippen molar-refractivity contribution in [2.45, 2.75) is 25.4 Å². The van der Waals surface area contributed by atoms with E-state index in [0.717, 1.165) is 42.7 Å². The van der Waals surface area contributed by atoms with Gasteiger partial charge in [0.1, 0.15) is 5.82 Å². The van der Waals surface area contributed by atoms with Crippen molar-refractivity contribution in [3.8, 4) is 11.3 Å². The molecule has 0 bridgehead atoms. The number of carbonyl (C=O) groups is 1. The molecule has 9 heteroatoms. The number of rotatable bonds is 5. The van der Waals surface area contributed by atoms with E-state index >= 15 is 0 Å². The van der Waals surface area contributed by atoms with Crippen molar-refractivity contribution in [3.05, 3.63) is 106 Å². The molecule has 0 unspecified atom stereocenters. The number of nitrogens with one attached hydrogen (secondary N) is 1. The quantitative estimate of drug-likeness (QED) is 0.310. The number of aromatic nitrogens is 2. The van der Waals surface area contributed by atoms with Gasteiger partial charge >= 0.3 is 0 Å². The number of piperidine rings is 1. The largest absolute Gasteiger partial charge is 0.339 e. The molecule has 2 aliphatic rings. The van der Waals surface area contributed by atoms with Gasteiger partial charge in [-0.25, -0.2) is 14.4 Å². The lowest BCUT2D eigenvalue weighted by Gasteiger charge is -2.35. The second-order valence-electron chi connectivity index (χ2n) is 10.6. The van der Waals surface area contributed by atoms with Gasteiger partial charge in [0.25, 0.3) is 5.91 Å². The number of hydrogen-bond donors (Lipinski definition) is 1. The number of nitrogens with zero attached hydrogens (tertiary/aromatic N) is 5. The second kappa shape index (κ2) is 11.4. The molecule has 41 heavy (non-hydrogen) atoms. The van der Waals surface area contributed by atoms with Crippen LogP contribution in [0, 0.1) is 5.82 Å². The van der Waals surface area contributed by atoms with E-state index in [-0.39, 0.29) is 11.7 Å². The summed E-state index contributed by atoms with van der Waals surface area (Å²) in [6.45, 7) is 1.83. The van der Waals surface area contributed by atoms with Crippen LogP contribution in [0.2, 0.25) is 5.02 Å². The Labute approximate surface area is 243 Å². The third-order valence-electron chi connectivity index (χ3n) is 7.76. The molecule has 1 amide bonds. The zero-order valence-corrected chi connectivity index (χ0v) is 23.7. The van der Waals surface area contributed by atoms with E-state index in [1.54, 1.807) is 36.5 Å². The molecular weight excluding hydrogens is 539 g/mol. The fourth-order valence-electron chi connectivity index (χ4n) is 5.46. The zero-order chi connectivity index (χ0) is 28.5. The highest BCUT2D eigenvalue weighted by atomic mass is 35.5. The lowest BCUT2D eigenvalue weighted by Crippen LogP contribution is -2.44. The van der Waals surface area contributed by atoms with Crippen LogP contribution in [0.3, 0.4) is 0 Å². The van der Waals surface area contributed by atoms with Gasteiger partial charge in [0.2, 0.25) is 5.95 Å². The zero-order valence-electron chi connectivity index (χ0n) is 22.9. The van der Waals surface area contributed by atoms with Gasteiger partial charge in [-0.05, 0) is 75.5 Å². The number of likely N-dealkylation sites (tertiary alicyclic amines) is 1. The van der Waals surface area contributed by atoms with E-state index in [4.69, 9.17) is 21.6 Å². The van der Waals surface area contributed by atoms with Crippen LogP contribution in [0.1, 0.15) is 39.9 Å². The molecule has 1 saturated heterocycles. The molecule has 1 aromatic heterocycles. The monoisotopic (exact) mass is 568 g/mol. The molecule has 0 radical (unpaired) electrons. The van der Waals surface area contributed by atoms with Gasteiger partial charge < -0.3 is 15.1 Å². The molecule has 1 N–H and O–H groups in total. The number of hydrogen-bond acceptors (Lipinski definition) is 6. The van der Waals surface area contributed by atoms with E-state index in [1.807, 2.05) is 35.2 Å². The number of aliphatic imine (C=N–C) groups is 1. The average Bonchev–Trinajstić information content (AvgIpc) is 3.14. The molecule has 7 nitrogen and oxygen atoms in total. The molecule has 208 valence electrons. The summed E-state index contributed by atoms with van der Waals surface area (Å²) in [4.78, 5) is 31.3. The maximum absolute atomic E-state index is 14.8. The van der Waals surface area contributed by atoms with Gasteiger partial charge in [-0.2, -0.15) is 0 Å². The molecular formula is C32H30ClFN6O. The number of anilines is 2. The minimum atomic E-state index is -0.350. The van der Waals surface area contributed by atoms with E-state index in [1.165, 1.54) is 6.07 Å². The maximum atomic E-state index is 14.8. The van der Waals surface area contributed by atoms with Crippen LogP contribution in [-0.4, -0.2) is 64.6 Å². The summed E-state index contributed by atoms with van der Waals surface area (Å²) in [6, 6.07) is 20.0. The van der Waals surface area contributed by atoms with Crippen molar-refractivity contribution in [2.75, 3.05) is 32.5 Å². The Morgan fingerprint density at radius 1 is 1.00 bits per heavy atom. The molecule has 6 rings (SSSR count). The number of amides is 1. The number of fused-ring (bicyclic) bond motifs is 3. The maximum Gasteiger partial charge on any atom is 0.253 e. The van der Waals surface area contributed by atoms with E-state index in [0.29, 0.717) is 51.7 Å². The van der Waals surface area contributed by atoms with Gasteiger partial charge in [0, 0.05) is 63.9 Å². The highest BCUT2D eigenvalue weighted by molar-refractivity contribution is 6.31. The van der Waals surface area contributed by atoms with Crippen molar-refractivity contribution < 1.29 is 9.18 Å². The van der Waals surface area contributed by atoms with Gasteiger partial charge in [-0.1, -0.05) is 29.8 Å². The number of halogens is 2. The van der Waals surface area contributed by atoms with Gasteiger partial charge in [0.15, 0.2) is 0 Å². The molecule has 0 saturated carbocycles. The minimum Gasteiger partial charge on any atom is -0.339 e. The van der Waals surface area contributed by atoms with E-state index < -0.39 is 0 Å². The fraction of sp³-hybridized carbons (Fsp3) is 0.250. The lowest BCUT2D eigenvalue weighted by atomic mass is 9.95. The topological polar surface area (TPSA) is 73.7 Å². The third-order valence-corrected chi connectivity index (χ3v) is 8.00. The molecule has 3 heterocycles. The Morgan fingerprint density at radius 3 is 2.49 bits per heavy atom. The van der Waals surface area contributed by atoms with Gasteiger partial charge in [-0.3, -0.25) is 9.79 Å². The summed E-state index contributed by atoms with van der Waals surface area (Å²) >= 11 is 6.37. The van der Waals surface area contributed by atoms with E-state index in [9.17, 15) is 9.18 Å². The lowest BCUT2D eigenvalue weighted by molar-refractivity contribution is 0.0663. The minimum absolute atomic E-state index is 0.0518. The van der Waals surface area contributed by atoms with Crippen LogP contribution in [0.4, 0.5) is 16.0 Å². The summed E-state index contributed by atoms with van der Waals surface area (Å²) in [7, 11) is 4.18. The van der Waals surface area contributed by atoms with Crippen LogP contribution in [-0.2, 0) is 6.54 Å². The summed E-state index contributed by atoms with van der Waals surface area (Å²) < 4.78 is 14.8. The van der Waals surface area contributed by atoms with Crippen LogP contribution < -0.4 is 5.32 Å². The molecule has 3 aromatic carbocycles. The Hall–Kier alpha value is -4.14. The molecule has 2 aliphatic heterocycles. The Kier molecular flexibility index (Phi) is 7.51. The summed E-state index contributed by atoms with van der Waals surface area (Å²) in [5.74, 6) is 0.108. The van der Waals surface area contributed by atoms with E-state index in [2.05, 4.69) is 29.3 Å². The smallest absolute Gasteiger partial charge is 0.253 e. The number of carbonyl (C=O) groups excluding carboxylic acids is 1. The molecule has 4 aromatic rings. The summed E-state index contributed by atoms with van der Waals surface area (Å²) in [6.07, 6.45) is 3.71. The standard InChI is InChI=1S/C32H30ClFN6O/c1-39(2)24-13-15-40(16-14-24)31(41)20-7-10-23(11-8-20)37-32-36-19-21-18-35-30(26-5-3-4-6-28(26)34)27-17-22(33)9-12-25(27)29(21)38-32/h3-12,17,19,24H,13-16,18H2,1-2H3,(H,36,37,38). The Morgan fingerprint density at radius 2 is 1.76 bits per heavy atom. The van der Waals surface area contributed by atoms with Crippen LogP contribution >= 0.6 is 11.6 Å². The molecule has 0 atom stereocenters. The van der Waals surface area contributed by atoms with Crippen molar-refractivity contribution >= 4 is 34.9 Å². The van der Waals surface area contributed by atoms with Crippen molar-refractivity contribution in [3.63, 3.8) is 0 Å². The normalized spacial score (nSPS) is 15.1. The summed E-state index contributed by atoms with van der Waals surface area (Å²) in [5.41, 5.74) is 5.40. The predicted octanol–water partition coefficient (Wildman–Crippen LogP) is 6.20. The van der Waals surface area contributed by atoms with Crippen molar-refractivity contribution in [1.82, 2.24) is 19.8 Å². The van der Waals surface area contributed by atoms with Crippen molar-refractivity contribution in [2.24, 2.45) is 4.99 Å². The van der Waals surface area contributed by atoms with Crippen LogP contribution in [0.15, 0.2) is 77.9 Å². The van der Waals surface area contributed by atoms with Crippen LogP contribution in [0.25, 0.3) is 11.3 Å². The highest BCUT2D eigenvalue weighted by Crippen LogP contribution is 2.34. The SMILES string of the molecule is CN(C)C1CCN(C(=O)c2ccc(Nc3ncc4c(n3)-c3ccc(Cl)cc3C(c3ccccc3F)=NC4)cc2)CC1.